The maximum absolute atomic E-state index is 12.5. The molecule has 2 aliphatic rings. The van der Waals surface area contributed by atoms with Crippen molar-refractivity contribution in [3.05, 3.63) is 29.8 Å². The van der Waals surface area contributed by atoms with Crippen LogP contribution in [0.3, 0.4) is 0 Å². The Morgan fingerprint density at radius 1 is 1.32 bits per heavy atom. The number of nitrogens with one attached hydrogen (secondary N) is 2. The van der Waals surface area contributed by atoms with Crippen LogP contribution in [0.25, 0.3) is 0 Å². The maximum Gasteiger partial charge on any atom is 0.251 e. The molecule has 3 rings (SSSR count). The first-order valence-electron chi connectivity index (χ1n) is 10.0. The summed E-state index contributed by atoms with van der Waals surface area (Å²) in [5.74, 6) is 0.776. The number of unbranched alkanes of at least 4 members (excludes halogenated alkanes) is 1. The highest BCUT2D eigenvalue weighted by Gasteiger charge is 2.42. The van der Waals surface area contributed by atoms with E-state index in [2.05, 4.69) is 29.5 Å². The highest BCUT2D eigenvalue weighted by atomic mass is 32.2. The summed E-state index contributed by atoms with van der Waals surface area (Å²) in [6, 6.07) is 7.20. The predicted octanol–water partition coefficient (Wildman–Crippen LogP) is 3.31. The number of benzene rings is 1. The summed E-state index contributed by atoms with van der Waals surface area (Å²) in [6.07, 6.45) is 4.57. The molecule has 0 aromatic heterocycles. The Labute approximate surface area is 171 Å². The molecule has 1 saturated heterocycles. The average Bonchev–Trinajstić information content (AvgIpc) is 3.14. The van der Waals surface area contributed by atoms with E-state index in [9.17, 15) is 13.2 Å². The summed E-state index contributed by atoms with van der Waals surface area (Å²) in [5, 5.41) is 7.02. The molecule has 0 spiro atoms. The van der Waals surface area contributed by atoms with E-state index in [0.29, 0.717) is 18.0 Å². The van der Waals surface area contributed by atoms with Crippen molar-refractivity contribution in [2.45, 2.75) is 50.8 Å². The van der Waals surface area contributed by atoms with Gasteiger partial charge in [0.1, 0.15) is 0 Å². The smallest absolute Gasteiger partial charge is 0.251 e. The molecule has 2 heterocycles. The molecular formula is C20H29N3O3S2. The summed E-state index contributed by atoms with van der Waals surface area (Å²) < 4.78 is 23.3. The fourth-order valence-electron chi connectivity index (χ4n) is 3.56. The van der Waals surface area contributed by atoms with E-state index in [4.69, 9.17) is 0 Å². The van der Waals surface area contributed by atoms with E-state index in [-0.39, 0.29) is 28.7 Å². The fourth-order valence-corrected chi connectivity index (χ4v) is 7.24. The number of thioether (sulfide) groups is 1. The van der Waals surface area contributed by atoms with Crippen molar-refractivity contribution < 1.29 is 13.2 Å². The molecule has 3 atom stereocenters. The van der Waals surface area contributed by atoms with Gasteiger partial charge >= 0.3 is 0 Å². The van der Waals surface area contributed by atoms with Crippen molar-refractivity contribution in [1.82, 2.24) is 5.32 Å². The third-order valence-corrected chi connectivity index (χ3v) is 8.43. The van der Waals surface area contributed by atoms with Gasteiger partial charge in [0.2, 0.25) is 0 Å². The Hall–Kier alpha value is -1.54. The zero-order valence-corrected chi connectivity index (χ0v) is 18.1. The number of carbonyl (C=O) groups is 1. The highest BCUT2D eigenvalue weighted by molar-refractivity contribution is 8.15. The highest BCUT2D eigenvalue weighted by Crippen LogP contribution is 2.34. The predicted molar refractivity (Wildman–Crippen MR) is 117 cm³/mol. The summed E-state index contributed by atoms with van der Waals surface area (Å²) >= 11 is 1.48. The van der Waals surface area contributed by atoms with Gasteiger partial charge in [0.15, 0.2) is 15.0 Å². The van der Waals surface area contributed by atoms with E-state index in [0.717, 1.165) is 23.7 Å². The van der Waals surface area contributed by atoms with Crippen LogP contribution in [0, 0.1) is 5.92 Å². The van der Waals surface area contributed by atoms with E-state index < -0.39 is 9.84 Å². The lowest BCUT2D eigenvalue weighted by Crippen LogP contribution is -2.29. The first kappa shape index (κ1) is 21.2. The molecule has 2 aliphatic heterocycles. The molecule has 1 aromatic rings. The van der Waals surface area contributed by atoms with Crippen LogP contribution in [-0.2, 0) is 9.84 Å². The lowest BCUT2D eigenvalue weighted by atomic mass is 9.99. The Morgan fingerprint density at radius 2 is 2.14 bits per heavy atom. The molecule has 1 fully saturated rings. The molecule has 0 saturated carbocycles. The number of amidine groups is 1. The van der Waals surface area contributed by atoms with E-state index >= 15 is 0 Å². The second-order valence-electron chi connectivity index (χ2n) is 7.57. The molecule has 0 aliphatic carbocycles. The van der Waals surface area contributed by atoms with E-state index in [1.54, 1.807) is 6.07 Å². The van der Waals surface area contributed by atoms with Crippen molar-refractivity contribution in [1.29, 1.82) is 0 Å². The average molecular weight is 424 g/mol. The number of rotatable bonds is 8. The quantitative estimate of drug-likeness (QED) is 0.670. The van der Waals surface area contributed by atoms with Crippen LogP contribution in [0.15, 0.2) is 29.3 Å². The zero-order chi connectivity index (χ0) is 20.1. The number of sulfone groups is 1. The fraction of sp³-hybridized carbons (Fsp3) is 0.600. The number of amides is 1. The first-order chi connectivity index (χ1) is 13.4. The third kappa shape index (κ3) is 5.50. The first-order valence-corrected chi connectivity index (χ1v) is 12.7. The Morgan fingerprint density at radius 3 is 2.86 bits per heavy atom. The molecule has 2 N–H and O–H groups in total. The molecular weight excluding hydrogens is 394 g/mol. The van der Waals surface area contributed by atoms with Gasteiger partial charge in [-0.05, 0) is 30.5 Å². The second kappa shape index (κ2) is 9.31. The van der Waals surface area contributed by atoms with Crippen LogP contribution >= 0.6 is 11.8 Å². The third-order valence-electron chi connectivity index (χ3n) is 5.29. The number of hydrogen-bond acceptors (Lipinski definition) is 6. The molecule has 0 bridgehead atoms. The minimum Gasteiger partial charge on any atom is -0.352 e. The van der Waals surface area contributed by atoms with Gasteiger partial charge < -0.3 is 10.6 Å². The van der Waals surface area contributed by atoms with Gasteiger partial charge in [-0.25, -0.2) is 8.42 Å². The van der Waals surface area contributed by atoms with Crippen LogP contribution in [0.4, 0.5) is 5.69 Å². The minimum absolute atomic E-state index is 0.00748. The van der Waals surface area contributed by atoms with Gasteiger partial charge in [-0.2, -0.15) is 0 Å². The standard InChI is InChI=1S/C20H29N3O3S2/c1-3-5-7-14(4-2)11-21-19(24)15-8-6-9-16(10-15)22-20-23-17-12-28(25,26)13-18(17)27-20/h6,8-10,14,17-18H,3-5,7,11-13H2,1-2H3,(H,21,24)(H,22,23)/t14-,17-,18+/m0/s1. The summed E-state index contributed by atoms with van der Waals surface area (Å²) in [7, 11) is -2.95. The van der Waals surface area contributed by atoms with Crippen LogP contribution < -0.4 is 10.6 Å². The molecule has 1 aromatic carbocycles. The van der Waals surface area contributed by atoms with Gasteiger partial charge in [-0.1, -0.05) is 50.9 Å². The molecule has 1 amide bonds. The number of hydrogen-bond donors (Lipinski definition) is 2. The SMILES string of the molecule is CCCC[C@H](CC)CNC(=O)c1cccc(NC2=N[C@H]3CS(=O)(=O)C[C@H]3S2)c1. The van der Waals surface area contributed by atoms with Gasteiger partial charge in [0, 0.05) is 23.0 Å². The Kier molecular flexibility index (Phi) is 7.04. The zero-order valence-electron chi connectivity index (χ0n) is 16.5. The normalized spacial score (nSPS) is 23.7. The van der Waals surface area contributed by atoms with Gasteiger partial charge in [-0.15, -0.1) is 0 Å². The summed E-state index contributed by atoms with van der Waals surface area (Å²) in [4.78, 5) is 17.0. The second-order valence-corrected chi connectivity index (χ2v) is 10.9. The maximum atomic E-state index is 12.5. The van der Waals surface area contributed by atoms with Crippen LogP contribution in [0.5, 0.6) is 0 Å². The Balaban J connectivity index is 1.56. The largest absolute Gasteiger partial charge is 0.352 e. The minimum atomic E-state index is -2.95. The number of anilines is 1. The van der Waals surface area contributed by atoms with Crippen LogP contribution in [-0.4, -0.2) is 48.8 Å². The Bertz CT molecular complexity index is 839. The lowest BCUT2D eigenvalue weighted by molar-refractivity contribution is 0.0946. The summed E-state index contributed by atoms with van der Waals surface area (Å²) in [5.41, 5.74) is 1.40. The molecule has 8 heteroatoms. The molecule has 154 valence electrons. The lowest BCUT2D eigenvalue weighted by Gasteiger charge is -2.15. The molecule has 28 heavy (non-hydrogen) atoms. The van der Waals surface area contributed by atoms with Crippen molar-refractivity contribution in [2.75, 3.05) is 23.4 Å². The molecule has 0 unspecified atom stereocenters. The molecule has 6 nitrogen and oxygen atoms in total. The topological polar surface area (TPSA) is 87.6 Å². The van der Waals surface area contributed by atoms with Gasteiger partial charge in [0.25, 0.3) is 5.91 Å². The van der Waals surface area contributed by atoms with Gasteiger partial charge in [0.05, 0.1) is 17.5 Å². The van der Waals surface area contributed by atoms with Crippen molar-refractivity contribution in [3.8, 4) is 0 Å². The number of aliphatic imine (C=N–C) groups is 1. The van der Waals surface area contributed by atoms with Crippen molar-refractivity contribution in [2.24, 2.45) is 10.9 Å². The van der Waals surface area contributed by atoms with Crippen LogP contribution in [0.2, 0.25) is 0 Å². The number of carbonyl (C=O) groups excluding carboxylic acids is 1. The summed E-state index contributed by atoms with van der Waals surface area (Å²) in [6.45, 7) is 5.05. The van der Waals surface area contributed by atoms with Crippen molar-refractivity contribution >= 4 is 38.4 Å². The monoisotopic (exact) mass is 423 g/mol. The number of fused-ring (bicyclic) bond motifs is 1. The van der Waals surface area contributed by atoms with Gasteiger partial charge in [-0.3, -0.25) is 9.79 Å². The van der Waals surface area contributed by atoms with E-state index in [1.165, 1.54) is 24.6 Å². The van der Waals surface area contributed by atoms with Crippen molar-refractivity contribution in [3.63, 3.8) is 0 Å². The molecule has 0 radical (unpaired) electrons. The van der Waals surface area contributed by atoms with E-state index in [1.807, 2.05) is 18.2 Å². The van der Waals surface area contributed by atoms with Crippen LogP contribution in [0.1, 0.15) is 49.9 Å². The number of nitrogens with zero attached hydrogens (tertiary/aromatic N) is 1.